The highest BCUT2D eigenvalue weighted by molar-refractivity contribution is 6.30. The number of likely N-dealkylation sites (N-methyl/N-ethyl adjacent to an activating group) is 1. The van der Waals surface area contributed by atoms with Gasteiger partial charge in [0.15, 0.2) is 0 Å². The van der Waals surface area contributed by atoms with E-state index in [1.165, 1.54) is 4.90 Å². The summed E-state index contributed by atoms with van der Waals surface area (Å²) in [5.41, 5.74) is 0.738. The van der Waals surface area contributed by atoms with Gasteiger partial charge in [-0.05, 0) is 43.3 Å². The maximum absolute atomic E-state index is 12.5. The molecule has 3 rings (SSSR count). The van der Waals surface area contributed by atoms with Crippen LogP contribution < -0.4 is 10.9 Å². The van der Waals surface area contributed by atoms with Crippen molar-refractivity contribution in [1.82, 2.24) is 20.2 Å². The molecule has 28 heavy (non-hydrogen) atoms. The highest BCUT2D eigenvalue weighted by atomic mass is 35.5. The van der Waals surface area contributed by atoms with Gasteiger partial charge < -0.3 is 15.2 Å². The molecular weight excluding hydrogens is 380 g/mol. The van der Waals surface area contributed by atoms with E-state index in [9.17, 15) is 14.4 Å². The number of amides is 2. The number of rotatable bonds is 6. The van der Waals surface area contributed by atoms with E-state index in [0.717, 1.165) is 0 Å². The number of fused-ring (bicyclic) bond motifs is 1. The smallest absolute Gasteiger partial charge is 0.258 e. The predicted molar refractivity (Wildman–Crippen MR) is 107 cm³/mol. The Labute approximate surface area is 166 Å². The molecule has 0 aliphatic rings. The normalized spacial score (nSPS) is 10.6. The average Bonchev–Trinajstić information content (AvgIpc) is 2.70. The van der Waals surface area contributed by atoms with Crippen molar-refractivity contribution < 1.29 is 9.59 Å². The highest BCUT2D eigenvalue weighted by Gasteiger charge is 2.16. The highest BCUT2D eigenvalue weighted by Crippen LogP contribution is 2.10. The van der Waals surface area contributed by atoms with Crippen LogP contribution in [0.25, 0.3) is 10.9 Å². The summed E-state index contributed by atoms with van der Waals surface area (Å²) in [6.45, 7) is 2.21. The second-order valence-electron chi connectivity index (χ2n) is 6.13. The lowest BCUT2D eigenvalue weighted by molar-refractivity contribution is -0.130. The van der Waals surface area contributed by atoms with Gasteiger partial charge in [-0.25, -0.2) is 4.98 Å². The van der Waals surface area contributed by atoms with Gasteiger partial charge in [0.25, 0.3) is 11.5 Å². The molecule has 0 atom stereocenters. The van der Waals surface area contributed by atoms with E-state index in [0.29, 0.717) is 33.9 Å². The molecule has 2 aromatic carbocycles. The first-order chi connectivity index (χ1) is 13.5. The van der Waals surface area contributed by atoms with Gasteiger partial charge in [-0.2, -0.15) is 0 Å². The molecule has 7 nitrogen and oxygen atoms in total. The van der Waals surface area contributed by atoms with Crippen LogP contribution in [-0.4, -0.2) is 39.8 Å². The van der Waals surface area contributed by atoms with Crippen LogP contribution in [0.2, 0.25) is 5.02 Å². The number of nitrogens with zero attached hydrogens (tertiary/aromatic N) is 2. The molecule has 0 spiro atoms. The van der Waals surface area contributed by atoms with E-state index in [2.05, 4.69) is 15.3 Å². The number of nitrogens with one attached hydrogen (secondary N) is 2. The van der Waals surface area contributed by atoms with Crippen LogP contribution in [0.15, 0.2) is 53.3 Å². The summed E-state index contributed by atoms with van der Waals surface area (Å²) in [4.78, 5) is 45.4. The van der Waals surface area contributed by atoms with Gasteiger partial charge in [-0.3, -0.25) is 14.4 Å². The summed E-state index contributed by atoms with van der Waals surface area (Å²) in [6, 6.07) is 13.4. The van der Waals surface area contributed by atoms with Crippen LogP contribution in [0.3, 0.4) is 0 Å². The largest absolute Gasteiger partial charge is 0.343 e. The van der Waals surface area contributed by atoms with Crippen molar-refractivity contribution in [3.63, 3.8) is 0 Å². The predicted octanol–water partition coefficient (Wildman–Crippen LogP) is 2.36. The second-order valence-corrected chi connectivity index (χ2v) is 6.56. The number of para-hydroxylation sites is 1. The molecular formula is C20H19ClN4O3. The molecule has 0 saturated heterocycles. The quantitative estimate of drug-likeness (QED) is 0.666. The Kier molecular flexibility index (Phi) is 6.06. The van der Waals surface area contributed by atoms with Crippen molar-refractivity contribution in [2.24, 2.45) is 0 Å². The fourth-order valence-electron chi connectivity index (χ4n) is 2.74. The minimum atomic E-state index is -0.363. The molecule has 0 radical (unpaired) electrons. The molecule has 3 aromatic rings. The van der Waals surface area contributed by atoms with E-state index in [4.69, 9.17) is 11.6 Å². The molecule has 1 aromatic heterocycles. The van der Waals surface area contributed by atoms with E-state index in [1.807, 2.05) is 6.92 Å². The number of aromatic amines is 1. The third-order valence-corrected chi connectivity index (χ3v) is 4.50. The van der Waals surface area contributed by atoms with Gasteiger partial charge in [-0.1, -0.05) is 23.7 Å². The van der Waals surface area contributed by atoms with E-state index >= 15 is 0 Å². The van der Waals surface area contributed by atoms with Gasteiger partial charge in [-0.15, -0.1) is 0 Å². The first-order valence-electron chi connectivity index (χ1n) is 8.77. The third kappa shape index (κ3) is 4.55. The molecule has 0 aliphatic heterocycles. The van der Waals surface area contributed by atoms with Crippen molar-refractivity contribution >= 4 is 34.3 Å². The van der Waals surface area contributed by atoms with Crippen molar-refractivity contribution in [3.05, 3.63) is 75.3 Å². The molecule has 0 bridgehead atoms. The van der Waals surface area contributed by atoms with Crippen molar-refractivity contribution in [3.8, 4) is 0 Å². The number of H-pyrrole nitrogens is 1. The Morgan fingerprint density at radius 1 is 1.14 bits per heavy atom. The van der Waals surface area contributed by atoms with Crippen LogP contribution >= 0.6 is 11.6 Å². The summed E-state index contributed by atoms with van der Waals surface area (Å²) in [6.07, 6.45) is 0. The maximum Gasteiger partial charge on any atom is 0.258 e. The Balaban J connectivity index is 1.66. The zero-order chi connectivity index (χ0) is 20.1. The summed E-state index contributed by atoms with van der Waals surface area (Å²) < 4.78 is 0. The third-order valence-electron chi connectivity index (χ3n) is 4.24. The number of carbonyl (C=O) groups is 2. The van der Waals surface area contributed by atoms with Crippen LogP contribution in [0, 0.1) is 0 Å². The molecule has 144 valence electrons. The Morgan fingerprint density at radius 3 is 2.57 bits per heavy atom. The van der Waals surface area contributed by atoms with Gasteiger partial charge in [0, 0.05) is 17.1 Å². The van der Waals surface area contributed by atoms with Gasteiger partial charge >= 0.3 is 0 Å². The number of hydrogen-bond donors (Lipinski definition) is 2. The van der Waals surface area contributed by atoms with E-state index < -0.39 is 0 Å². The monoisotopic (exact) mass is 398 g/mol. The lowest BCUT2D eigenvalue weighted by atomic mass is 10.2. The van der Waals surface area contributed by atoms with Crippen LogP contribution in [0.4, 0.5) is 0 Å². The Bertz CT molecular complexity index is 1060. The zero-order valence-electron chi connectivity index (χ0n) is 15.2. The lowest BCUT2D eigenvalue weighted by Gasteiger charge is -2.20. The number of halogens is 1. The molecule has 2 amide bonds. The molecule has 0 unspecified atom stereocenters. The number of benzene rings is 2. The molecule has 0 saturated carbocycles. The number of carbonyl (C=O) groups excluding carboxylic acids is 2. The number of hydrogen-bond acceptors (Lipinski definition) is 4. The van der Waals surface area contributed by atoms with Gasteiger partial charge in [0.2, 0.25) is 5.91 Å². The Morgan fingerprint density at radius 2 is 1.86 bits per heavy atom. The van der Waals surface area contributed by atoms with Crippen LogP contribution in [-0.2, 0) is 11.3 Å². The zero-order valence-corrected chi connectivity index (χ0v) is 16.0. The van der Waals surface area contributed by atoms with Crippen molar-refractivity contribution in [2.75, 3.05) is 13.1 Å². The fourth-order valence-corrected chi connectivity index (χ4v) is 2.86. The van der Waals surface area contributed by atoms with Crippen LogP contribution in [0.1, 0.15) is 23.1 Å². The summed E-state index contributed by atoms with van der Waals surface area (Å²) >= 11 is 5.81. The maximum atomic E-state index is 12.5. The van der Waals surface area contributed by atoms with E-state index in [1.54, 1.807) is 48.5 Å². The molecule has 0 fully saturated rings. The summed E-state index contributed by atoms with van der Waals surface area (Å²) in [5.74, 6) is -0.248. The molecule has 8 heteroatoms. The second kappa shape index (κ2) is 8.67. The lowest BCUT2D eigenvalue weighted by Crippen LogP contribution is -2.40. The minimum absolute atomic E-state index is 0.145. The minimum Gasteiger partial charge on any atom is -0.343 e. The molecule has 1 heterocycles. The van der Waals surface area contributed by atoms with E-state index in [-0.39, 0.29) is 30.5 Å². The first kappa shape index (κ1) is 19.6. The SMILES string of the molecule is CCN(Cc1nc2ccccc2c(=O)[nH]1)C(=O)CNC(=O)c1ccc(Cl)cc1. The van der Waals surface area contributed by atoms with Crippen molar-refractivity contribution in [2.45, 2.75) is 13.5 Å². The summed E-state index contributed by atoms with van der Waals surface area (Å²) in [7, 11) is 0. The van der Waals surface area contributed by atoms with Crippen molar-refractivity contribution in [1.29, 1.82) is 0 Å². The summed E-state index contributed by atoms with van der Waals surface area (Å²) in [5, 5.41) is 3.62. The topological polar surface area (TPSA) is 95.2 Å². The standard InChI is InChI=1S/C20H19ClN4O3/c1-2-25(12-17-23-16-6-4-3-5-15(16)20(28)24-17)18(26)11-22-19(27)13-7-9-14(21)10-8-13/h3-10H,2,11-12H2,1H3,(H,22,27)(H,23,24,28). The first-order valence-corrected chi connectivity index (χ1v) is 9.15. The van der Waals surface area contributed by atoms with Gasteiger partial charge in [0.05, 0.1) is 24.0 Å². The number of aromatic nitrogens is 2. The van der Waals surface area contributed by atoms with Gasteiger partial charge in [0.1, 0.15) is 5.82 Å². The van der Waals surface area contributed by atoms with Crippen LogP contribution in [0.5, 0.6) is 0 Å². The molecule has 2 N–H and O–H groups in total. The fraction of sp³-hybridized carbons (Fsp3) is 0.200. The molecule has 0 aliphatic carbocycles. The average molecular weight is 399 g/mol. The Hall–Kier alpha value is -3.19.